The van der Waals surface area contributed by atoms with Crippen molar-refractivity contribution in [3.05, 3.63) is 76.8 Å². The van der Waals surface area contributed by atoms with Crippen LogP contribution in [0.1, 0.15) is 33.8 Å². The van der Waals surface area contributed by atoms with Gasteiger partial charge in [0, 0.05) is 17.7 Å². The first-order valence-electron chi connectivity index (χ1n) is 10.3. The summed E-state index contributed by atoms with van der Waals surface area (Å²) in [4.78, 5) is 29.6. The summed E-state index contributed by atoms with van der Waals surface area (Å²) in [5.41, 5.74) is 6.86. The Morgan fingerprint density at radius 2 is 1.73 bits per heavy atom. The van der Waals surface area contributed by atoms with Gasteiger partial charge in [-0.1, -0.05) is 42.5 Å². The van der Waals surface area contributed by atoms with Crippen molar-refractivity contribution in [1.82, 2.24) is 20.6 Å². The first-order valence-corrected chi connectivity index (χ1v) is 12.6. The van der Waals surface area contributed by atoms with Crippen LogP contribution in [0, 0.1) is 6.92 Å². The molecule has 2 aromatic carbocycles. The highest BCUT2D eigenvalue weighted by Gasteiger charge is 2.27. The second-order valence-electron chi connectivity index (χ2n) is 7.54. The Balaban J connectivity index is 1.32. The molecule has 0 atom stereocenters. The van der Waals surface area contributed by atoms with E-state index in [-0.39, 0.29) is 10.9 Å². The summed E-state index contributed by atoms with van der Waals surface area (Å²) >= 11 is 1.25. The summed E-state index contributed by atoms with van der Waals surface area (Å²) < 4.78 is 27.0. The van der Waals surface area contributed by atoms with E-state index in [1.165, 1.54) is 35.6 Å². The molecule has 33 heavy (non-hydrogen) atoms. The number of carbonyl (C=O) groups is 2. The number of hydrogen-bond donors (Lipinski definition) is 3. The van der Waals surface area contributed by atoms with Gasteiger partial charge in [0.15, 0.2) is 0 Å². The Labute approximate surface area is 195 Å². The standard InChI is InChI=1S/C23H22N4O4S2/c1-15-21(32-23(24-15)17-5-3-2-4-6-17)22(29)26-25-20(28)14-9-16-7-12-19(13-8-16)33(30,31)27-18-10-11-18/h2-9,12-14,18,27H,10-11H2,1H3,(H,25,28)(H,26,29)/b14-9+. The van der Waals surface area contributed by atoms with Gasteiger partial charge in [-0.2, -0.15) is 0 Å². The summed E-state index contributed by atoms with van der Waals surface area (Å²) in [5.74, 6) is -0.979. The number of nitrogens with zero attached hydrogens (tertiary/aromatic N) is 1. The fourth-order valence-corrected chi connectivity index (χ4v) is 5.22. The lowest BCUT2D eigenvalue weighted by atomic mass is 10.2. The summed E-state index contributed by atoms with van der Waals surface area (Å²) in [6, 6.07) is 15.8. The maximum Gasteiger partial charge on any atom is 0.281 e. The first-order chi connectivity index (χ1) is 15.8. The molecule has 0 bridgehead atoms. The summed E-state index contributed by atoms with van der Waals surface area (Å²) in [5, 5.41) is 0.724. The smallest absolute Gasteiger partial charge is 0.268 e. The van der Waals surface area contributed by atoms with Crippen molar-refractivity contribution in [3.8, 4) is 10.6 Å². The number of benzene rings is 2. The zero-order valence-electron chi connectivity index (χ0n) is 17.7. The van der Waals surface area contributed by atoms with E-state index in [2.05, 4.69) is 20.6 Å². The van der Waals surface area contributed by atoms with Crippen LogP contribution in [-0.4, -0.2) is 31.3 Å². The van der Waals surface area contributed by atoms with Crippen molar-refractivity contribution in [2.24, 2.45) is 0 Å². The molecule has 3 aromatic rings. The lowest BCUT2D eigenvalue weighted by Gasteiger charge is -2.05. The summed E-state index contributed by atoms with van der Waals surface area (Å²) in [6.07, 6.45) is 4.50. The van der Waals surface area contributed by atoms with Crippen LogP contribution in [0.25, 0.3) is 16.6 Å². The third kappa shape index (κ3) is 5.92. The minimum Gasteiger partial charge on any atom is -0.268 e. The number of hydrogen-bond acceptors (Lipinski definition) is 6. The average molecular weight is 483 g/mol. The Morgan fingerprint density at radius 1 is 1.03 bits per heavy atom. The van der Waals surface area contributed by atoms with E-state index in [0.29, 0.717) is 16.1 Å². The van der Waals surface area contributed by atoms with E-state index in [1.807, 2.05) is 30.3 Å². The minimum atomic E-state index is -3.51. The van der Waals surface area contributed by atoms with Crippen LogP contribution in [0.5, 0.6) is 0 Å². The van der Waals surface area contributed by atoms with Gasteiger partial charge < -0.3 is 0 Å². The predicted octanol–water partition coefficient (Wildman–Crippen LogP) is 3.03. The van der Waals surface area contributed by atoms with Gasteiger partial charge in [-0.25, -0.2) is 18.1 Å². The van der Waals surface area contributed by atoms with E-state index in [1.54, 1.807) is 19.1 Å². The van der Waals surface area contributed by atoms with Crippen LogP contribution in [0.3, 0.4) is 0 Å². The number of aryl methyl sites for hydroxylation is 1. The van der Waals surface area contributed by atoms with Gasteiger partial charge in [-0.3, -0.25) is 20.4 Å². The molecule has 1 aliphatic rings. The van der Waals surface area contributed by atoms with Gasteiger partial charge >= 0.3 is 0 Å². The maximum atomic E-state index is 12.5. The molecule has 0 aliphatic heterocycles. The van der Waals surface area contributed by atoms with Crippen LogP contribution < -0.4 is 15.6 Å². The SMILES string of the molecule is Cc1nc(-c2ccccc2)sc1C(=O)NNC(=O)/C=C/c1ccc(S(=O)(=O)NC2CC2)cc1. The second-order valence-corrected chi connectivity index (χ2v) is 10.3. The van der Waals surface area contributed by atoms with Crippen LogP contribution in [0.2, 0.25) is 0 Å². The van der Waals surface area contributed by atoms with Gasteiger partial charge in [0.1, 0.15) is 9.88 Å². The number of sulfonamides is 1. The molecule has 10 heteroatoms. The Kier molecular flexibility index (Phi) is 6.68. The van der Waals surface area contributed by atoms with E-state index >= 15 is 0 Å². The third-order valence-corrected chi connectivity index (χ3v) is 7.58. The Morgan fingerprint density at radius 3 is 2.39 bits per heavy atom. The molecule has 1 aromatic heterocycles. The van der Waals surface area contributed by atoms with Gasteiger partial charge in [0.2, 0.25) is 10.0 Å². The molecule has 1 heterocycles. The van der Waals surface area contributed by atoms with Gasteiger partial charge in [0.05, 0.1) is 10.6 Å². The molecule has 1 saturated carbocycles. The fourth-order valence-electron chi connectivity index (χ4n) is 2.95. The number of rotatable bonds is 7. The number of carbonyl (C=O) groups excluding carboxylic acids is 2. The highest BCUT2D eigenvalue weighted by atomic mass is 32.2. The lowest BCUT2D eigenvalue weighted by Crippen LogP contribution is -2.40. The zero-order valence-corrected chi connectivity index (χ0v) is 19.4. The molecule has 0 radical (unpaired) electrons. The molecule has 2 amide bonds. The minimum absolute atomic E-state index is 0.0344. The van der Waals surface area contributed by atoms with Crippen LogP contribution in [-0.2, 0) is 14.8 Å². The maximum absolute atomic E-state index is 12.5. The average Bonchev–Trinajstić information content (AvgIpc) is 3.53. The highest BCUT2D eigenvalue weighted by Crippen LogP contribution is 2.27. The molecule has 3 N–H and O–H groups in total. The largest absolute Gasteiger partial charge is 0.281 e. The van der Waals surface area contributed by atoms with Crippen molar-refractivity contribution < 1.29 is 18.0 Å². The number of hydrazine groups is 1. The molecular weight excluding hydrogens is 460 g/mol. The highest BCUT2D eigenvalue weighted by molar-refractivity contribution is 7.89. The summed E-state index contributed by atoms with van der Waals surface area (Å²) in [7, 11) is -3.51. The quantitative estimate of drug-likeness (QED) is 0.353. The summed E-state index contributed by atoms with van der Waals surface area (Å²) in [6.45, 7) is 1.74. The fraction of sp³-hybridized carbons (Fsp3) is 0.174. The van der Waals surface area contributed by atoms with Gasteiger partial charge in [-0.15, -0.1) is 11.3 Å². The molecule has 0 spiro atoms. The predicted molar refractivity (Wildman–Crippen MR) is 127 cm³/mol. The van der Waals surface area contributed by atoms with Gasteiger partial charge in [-0.05, 0) is 43.5 Å². The van der Waals surface area contributed by atoms with Gasteiger partial charge in [0.25, 0.3) is 11.8 Å². The Hall–Kier alpha value is -3.34. The van der Waals surface area contributed by atoms with E-state index in [0.717, 1.165) is 23.4 Å². The zero-order chi connectivity index (χ0) is 23.4. The first kappa shape index (κ1) is 22.8. The monoisotopic (exact) mass is 482 g/mol. The Bertz CT molecular complexity index is 1300. The number of thiazole rings is 1. The molecule has 1 fully saturated rings. The van der Waals surface area contributed by atoms with Crippen molar-refractivity contribution in [2.75, 3.05) is 0 Å². The van der Waals surface area contributed by atoms with Crippen molar-refractivity contribution >= 4 is 39.3 Å². The lowest BCUT2D eigenvalue weighted by molar-refractivity contribution is -0.117. The molecular formula is C23H22N4O4S2. The molecule has 1 aliphatic carbocycles. The molecule has 0 saturated heterocycles. The normalized spacial score (nSPS) is 13.7. The van der Waals surface area contributed by atoms with Crippen molar-refractivity contribution in [3.63, 3.8) is 0 Å². The molecule has 8 nitrogen and oxygen atoms in total. The molecule has 4 rings (SSSR count). The van der Waals surface area contributed by atoms with E-state index < -0.39 is 21.8 Å². The molecule has 170 valence electrons. The van der Waals surface area contributed by atoms with Crippen molar-refractivity contribution in [1.29, 1.82) is 0 Å². The van der Waals surface area contributed by atoms with E-state index in [4.69, 9.17) is 0 Å². The number of amides is 2. The van der Waals surface area contributed by atoms with Crippen LogP contribution >= 0.6 is 11.3 Å². The second kappa shape index (κ2) is 9.65. The molecule has 0 unspecified atom stereocenters. The number of aromatic nitrogens is 1. The topological polar surface area (TPSA) is 117 Å². The third-order valence-electron chi connectivity index (χ3n) is 4.84. The van der Waals surface area contributed by atoms with Crippen LogP contribution in [0.15, 0.2) is 65.6 Å². The van der Waals surface area contributed by atoms with Crippen molar-refractivity contribution in [2.45, 2.75) is 30.7 Å². The number of nitrogens with one attached hydrogen (secondary N) is 3. The van der Waals surface area contributed by atoms with E-state index in [9.17, 15) is 18.0 Å². The van der Waals surface area contributed by atoms with Crippen LogP contribution in [0.4, 0.5) is 0 Å².